The molecule has 5 nitrogen and oxygen atoms in total. The summed E-state index contributed by atoms with van der Waals surface area (Å²) in [5.41, 5.74) is 6.75. The Morgan fingerprint density at radius 1 is 1.58 bits per heavy atom. The Labute approximate surface area is 71.1 Å². The molecule has 0 aliphatic rings. The van der Waals surface area contributed by atoms with E-state index in [1.165, 1.54) is 0 Å². The van der Waals surface area contributed by atoms with E-state index in [4.69, 9.17) is 15.9 Å². The van der Waals surface area contributed by atoms with Gasteiger partial charge in [0.25, 0.3) is 0 Å². The van der Waals surface area contributed by atoms with Gasteiger partial charge in [-0.1, -0.05) is 0 Å². The first-order valence-corrected chi connectivity index (χ1v) is 3.79. The van der Waals surface area contributed by atoms with Crippen molar-refractivity contribution in [3.8, 4) is 0 Å². The van der Waals surface area contributed by atoms with Crippen LogP contribution in [-0.2, 0) is 9.53 Å². The SMILES string of the molecule is [NH]CCCC(=O)OCC(O)CO. The van der Waals surface area contributed by atoms with Gasteiger partial charge < -0.3 is 14.9 Å². The summed E-state index contributed by atoms with van der Waals surface area (Å²) in [6, 6.07) is 0. The normalized spacial score (nSPS) is 12.6. The van der Waals surface area contributed by atoms with Crippen LogP contribution < -0.4 is 5.73 Å². The molecule has 0 saturated heterocycles. The topological polar surface area (TPSA) is 90.6 Å². The maximum absolute atomic E-state index is 10.7. The lowest BCUT2D eigenvalue weighted by Gasteiger charge is -2.07. The first-order chi connectivity index (χ1) is 5.70. The van der Waals surface area contributed by atoms with Gasteiger partial charge in [0, 0.05) is 13.0 Å². The highest BCUT2D eigenvalue weighted by Gasteiger charge is 2.06. The Bertz CT molecular complexity index is 129. The lowest BCUT2D eigenvalue weighted by atomic mass is 10.3. The fourth-order valence-electron chi connectivity index (χ4n) is 0.547. The molecule has 71 valence electrons. The minimum atomic E-state index is -0.995. The van der Waals surface area contributed by atoms with Gasteiger partial charge >= 0.3 is 5.97 Å². The van der Waals surface area contributed by atoms with E-state index >= 15 is 0 Å². The van der Waals surface area contributed by atoms with Gasteiger partial charge in [0.05, 0.1) is 6.61 Å². The third-order valence-corrected chi connectivity index (χ3v) is 1.21. The molecule has 0 heterocycles. The fraction of sp³-hybridized carbons (Fsp3) is 0.857. The zero-order valence-electron chi connectivity index (χ0n) is 6.82. The van der Waals surface area contributed by atoms with Crippen molar-refractivity contribution in [2.75, 3.05) is 19.8 Å². The van der Waals surface area contributed by atoms with Crippen molar-refractivity contribution in [1.29, 1.82) is 0 Å². The van der Waals surface area contributed by atoms with Crippen LogP contribution in [0.25, 0.3) is 0 Å². The van der Waals surface area contributed by atoms with Crippen LogP contribution in [0.3, 0.4) is 0 Å². The highest BCUT2D eigenvalue weighted by Crippen LogP contribution is 1.92. The first kappa shape index (κ1) is 11.4. The van der Waals surface area contributed by atoms with E-state index in [2.05, 4.69) is 4.74 Å². The zero-order chi connectivity index (χ0) is 9.40. The molecule has 1 atom stereocenters. The van der Waals surface area contributed by atoms with Gasteiger partial charge in [-0.05, 0) is 6.42 Å². The first-order valence-electron chi connectivity index (χ1n) is 3.79. The molecule has 0 spiro atoms. The van der Waals surface area contributed by atoms with Crippen LogP contribution in [0.1, 0.15) is 12.8 Å². The van der Waals surface area contributed by atoms with E-state index in [9.17, 15) is 4.79 Å². The maximum atomic E-state index is 10.7. The molecule has 0 aromatic rings. The number of aliphatic hydroxyl groups is 2. The average Bonchev–Trinajstić information content (AvgIpc) is 2.10. The molecular formula is C7H14NO4. The standard InChI is InChI=1S/C7H14NO4/c8-3-1-2-7(11)12-5-6(10)4-9/h6,8-10H,1-5H2. The molecule has 0 aromatic carbocycles. The van der Waals surface area contributed by atoms with Crippen LogP contribution in [0.4, 0.5) is 0 Å². The summed E-state index contributed by atoms with van der Waals surface area (Å²) in [4.78, 5) is 10.7. The molecule has 0 saturated carbocycles. The van der Waals surface area contributed by atoms with Crippen molar-refractivity contribution < 1.29 is 19.7 Å². The number of hydrogen-bond acceptors (Lipinski definition) is 4. The van der Waals surface area contributed by atoms with E-state index in [0.717, 1.165) is 0 Å². The second-order valence-electron chi connectivity index (χ2n) is 2.37. The molecule has 0 bridgehead atoms. The minimum Gasteiger partial charge on any atom is -0.463 e. The number of ether oxygens (including phenoxy) is 1. The van der Waals surface area contributed by atoms with Gasteiger partial charge in [-0.2, -0.15) is 0 Å². The predicted molar refractivity (Wildman–Crippen MR) is 41.2 cm³/mol. The summed E-state index contributed by atoms with van der Waals surface area (Å²) in [5.74, 6) is -0.435. The Morgan fingerprint density at radius 2 is 2.25 bits per heavy atom. The monoisotopic (exact) mass is 176 g/mol. The van der Waals surface area contributed by atoms with Gasteiger partial charge in [0.2, 0.25) is 0 Å². The van der Waals surface area contributed by atoms with E-state index in [1.54, 1.807) is 0 Å². The molecule has 1 unspecified atom stereocenters. The van der Waals surface area contributed by atoms with Crippen molar-refractivity contribution >= 4 is 5.97 Å². The summed E-state index contributed by atoms with van der Waals surface area (Å²) in [5, 5.41) is 17.1. The third-order valence-electron chi connectivity index (χ3n) is 1.21. The fourth-order valence-corrected chi connectivity index (χ4v) is 0.547. The van der Waals surface area contributed by atoms with Crippen LogP contribution in [0.15, 0.2) is 0 Å². The van der Waals surface area contributed by atoms with Crippen LogP contribution >= 0.6 is 0 Å². The summed E-state index contributed by atoms with van der Waals surface area (Å²) in [6.45, 7) is -0.392. The Hall–Kier alpha value is -0.650. The molecule has 0 aliphatic heterocycles. The van der Waals surface area contributed by atoms with Crippen molar-refractivity contribution in [2.24, 2.45) is 0 Å². The number of aliphatic hydroxyl groups excluding tert-OH is 2. The summed E-state index contributed by atoms with van der Waals surface area (Å²) in [7, 11) is 0. The van der Waals surface area contributed by atoms with Crippen LogP contribution in [-0.4, -0.2) is 42.0 Å². The van der Waals surface area contributed by atoms with Gasteiger partial charge in [0.1, 0.15) is 12.7 Å². The minimum absolute atomic E-state index is 0.173. The van der Waals surface area contributed by atoms with Crippen molar-refractivity contribution in [3.63, 3.8) is 0 Å². The van der Waals surface area contributed by atoms with Crippen LogP contribution in [0.5, 0.6) is 0 Å². The molecule has 0 aromatic heterocycles. The Kier molecular flexibility index (Phi) is 6.64. The van der Waals surface area contributed by atoms with Crippen LogP contribution in [0.2, 0.25) is 0 Å². The number of hydrogen-bond donors (Lipinski definition) is 2. The van der Waals surface area contributed by atoms with Gasteiger partial charge in [-0.3, -0.25) is 10.5 Å². The predicted octanol–water partition coefficient (Wildman–Crippen LogP) is -1.05. The van der Waals surface area contributed by atoms with Gasteiger partial charge in [0.15, 0.2) is 0 Å². The van der Waals surface area contributed by atoms with E-state index < -0.39 is 18.7 Å². The number of rotatable bonds is 6. The molecular weight excluding hydrogens is 162 g/mol. The number of carbonyl (C=O) groups excluding carboxylic acids is 1. The lowest BCUT2D eigenvalue weighted by molar-refractivity contribution is -0.147. The van der Waals surface area contributed by atoms with Gasteiger partial charge in [-0.25, -0.2) is 0 Å². The highest BCUT2D eigenvalue weighted by molar-refractivity contribution is 5.69. The molecule has 0 rings (SSSR count). The van der Waals surface area contributed by atoms with E-state index in [-0.39, 0.29) is 19.6 Å². The largest absolute Gasteiger partial charge is 0.463 e. The van der Waals surface area contributed by atoms with Crippen molar-refractivity contribution in [3.05, 3.63) is 0 Å². The molecule has 12 heavy (non-hydrogen) atoms. The second-order valence-corrected chi connectivity index (χ2v) is 2.37. The lowest BCUT2D eigenvalue weighted by Crippen LogP contribution is -2.21. The zero-order valence-corrected chi connectivity index (χ0v) is 6.82. The Morgan fingerprint density at radius 3 is 2.75 bits per heavy atom. The smallest absolute Gasteiger partial charge is 0.305 e. The maximum Gasteiger partial charge on any atom is 0.305 e. The molecule has 0 aliphatic carbocycles. The van der Waals surface area contributed by atoms with E-state index in [0.29, 0.717) is 6.42 Å². The third kappa shape index (κ3) is 6.09. The number of esters is 1. The summed E-state index contributed by atoms with van der Waals surface area (Å²) < 4.78 is 4.56. The quantitative estimate of drug-likeness (QED) is 0.505. The second kappa shape index (κ2) is 7.02. The van der Waals surface area contributed by atoms with Gasteiger partial charge in [-0.15, -0.1) is 0 Å². The Balaban J connectivity index is 3.31. The van der Waals surface area contributed by atoms with E-state index in [1.807, 2.05) is 0 Å². The van der Waals surface area contributed by atoms with Crippen molar-refractivity contribution in [2.45, 2.75) is 18.9 Å². The number of nitrogens with one attached hydrogen (secondary N) is 1. The average molecular weight is 176 g/mol. The summed E-state index contributed by atoms with van der Waals surface area (Å²) >= 11 is 0. The number of carbonyl (C=O) groups is 1. The van der Waals surface area contributed by atoms with Crippen LogP contribution in [0, 0.1) is 0 Å². The molecule has 5 heteroatoms. The summed E-state index contributed by atoms with van der Waals surface area (Å²) in [6.07, 6.45) is -0.333. The molecule has 1 radical (unpaired) electrons. The molecule has 3 N–H and O–H groups in total. The van der Waals surface area contributed by atoms with Crippen molar-refractivity contribution in [1.82, 2.24) is 5.73 Å². The highest BCUT2D eigenvalue weighted by atomic mass is 16.5. The molecule has 0 amide bonds. The molecule has 0 fully saturated rings.